The Morgan fingerprint density at radius 1 is 1.24 bits per heavy atom. The maximum Gasteiger partial charge on any atom is 0.329 e. The zero-order valence-electron chi connectivity index (χ0n) is 13.9. The van der Waals surface area contributed by atoms with E-state index in [9.17, 15) is 14.7 Å². The van der Waals surface area contributed by atoms with Crippen LogP contribution in [0, 0.1) is 0 Å². The third kappa shape index (κ3) is 3.67. The Morgan fingerprint density at radius 3 is 2.14 bits per heavy atom. The van der Waals surface area contributed by atoms with Gasteiger partial charge in [-0.25, -0.2) is 9.59 Å². The van der Waals surface area contributed by atoms with Gasteiger partial charge >= 0.3 is 12.0 Å². The highest BCUT2D eigenvalue weighted by molar-refractivity contribution is 5.85. The summed E-state index contributed by atoms with van der Waals surface area (Å²) in [7, 11) is 4.08. The Balaban J connectivity index is 2.73. The third-order valence-corrected chi connectivity index (χ3v) is 4.81. The minimum atomic E-state index is -1.21. The molecule has 21 heavy (non-hydrogen) atoms. The predicted molar refractivity (Wildman–Crippen MR) is 82.4 cm³/mol. The first-order valence-electron chi connectivity index (χ1n) is 7.63. The molecule has 122 valence electrons. The van der Waals surface area contributed by atoms with Gasteiger partial charge in [-0.2, -0.15) is 0 Å². The first kappa shape index (κ1) is 17.8. The van der Waals surface area contributed by atoms with Crippen molar-refractivity contribution < 1.29 is 14.7 Å². The number of nitrogens with one attached hydrogen (secondary N) is 1. The first-order chi connectivity index (χ1) is 9.67. The van der Waals surface area contributed by atoms with Crippen molar-refractivity contribution in [3.63, 3.8) is 0 Å². The monoisotopic (exact) mass is 299 g/mol. The summed E-state index contributed by atoms with van der Waals surface area (Å²) in [6, 6.07) is -0.307. The molecule has 0 radical (unpaired) electrons. The number of amides is 2. The molecule has 1 fully saturated rings. The van der Waals surface area contributed by atoms with Gasteiger partial charge in [0, 0.05) is 18.6 Å². The van der Waals surface area contributed by atoms with Crippen molar-refractivity contribution in [3.8, 4) is 0 Å². The number of nitrogens with zero attached hydrogens (tertiary/aromatic N) is 2. The Hall–Kier alpha value is -1.30. The fourth-order valence-electron chi connectivity index (χ4n) is 3.06. The van der Waals surface area contributed by atoms with Crippen LogP contribution in [0.2, 0.25) is 0 Å². The lowest BCUT2D eigenvalue weighted by atomic mass is 9.96. The van der Waals surface area contributed by atoms with Crippen molar-refractivity contribution in [2.45, 2.75) is 57.5 Å². The van der Waals surface area contributed by atoms with Gasteiger partial charge in [0.05, 0.1) is 0 Å². The number of hydrogen-bond donors (Lipinski definition) is 2. The van der Waals surface area contributed by atoms with Crippen LogP contribution in [-0.4, -0.2) is 65.2 Å². The Labute approximate surface area is 127 Å². The number of hydrogen-bond acceptors (Lipinski definition) is 3. The molecule has 0 bridgehead atoms. The lowest BCUT2D eigenvalue weighted by molar-refractivity contribution is -0.147. The van der Waals surface area contributed by atoms with Crippen molar-refractivity contribution >= 4 is 12.0 Å². The molecule has 0 aromatic carbocycles. The molecular weight excluding hydrogens is 270 g/mol. The van der Waals surface area contributed by atoms with E-state index in [1.54, 1.807) is 20.8 Å². The van der Waals surface area contributed by atoms with Crippen molar-refractivity contribution in [1.82, 2.24) is 15.1 Å². The largest absolute Gasteiger partial charge is 0.480 e. The van der Waals surface area contributed by atoms with E-state index in [0.717, 1.165) is 12.8 Å². The van der Waals surface area contributed by atoms with Gasteiger partial charge in [0.15, 0.2) is 0 Å². The zero-order chi connectivity index (χ0) is 16.3. The van der Waals surface area contributed by atoms with Crippen LogP contribution in [0.3, 0.4) is 0 Å². The zero-order valence-corrected chi connectivity index (χ0v) is 13.9. The van der Waals surface area contributed by atoms with E-state index < -0.39 is 11.5 Å². The molecule has 0 heterocycles. The fraction of sp³-hybridized carbons (Fsp3) is 0.867. The van der Waals surface area contributed by atoms with E-state index in [0.29, 0.717) is 13.1 Å². The lowest BCUT2D eigenvalue weighted by Crippen LogP contribution is -2.59. The molecular formula is C15H29N3O3. The summed E-state index contributed by atoms with van der Waals surface area (Å²) in [6.07, 6.45) is 4.47. The van der Waals surface area contributed by atoms with Gasteiger partial charge < -0.3 is 20.2 Å². The van der Waals surface area contributed by atoms with Crippen LogP contribution in [0.5, 0.6) is 0 Å². The highest BCUT2D eigenvalue weighted by Gasteiger charge is 2.39. The minimum absolute atomic E-state index is 0.00242. The second-order valence-electron chi connectivity index (χ2n) is 6.59. The molecule has 0 atom stereocenters. The van der Waals surface area contributed by atoms with Crippen molar-refractivity contribution in [1.29, 1.82) is 0 Å². The third-order valence-electron chi connectivity index (χ3n) is 4.81. The van der Waals surface area contributed by atoms with Crippen LogP contribution >= 0.6 is 0 Å². The van der Waals surface area contributed by atoms with Crippen molar-refractivity contribution in [3.05, 3.63) is 0 Å². The standard InChI is InChI=1S/C15H29N3O3/c1-6-18(14(2,3)12(19)20)13(21)16-11-15(17(4)5)9-7-8-10-15/h6-11H2,1-5H3,(H,16,21)(H,19,20). The summed E-state index contributed by atoms with van der Waals surface area (Å²) >= 11 is 0. The fourth-order valence-corrected chi connectivity index (χ4v) is 3.06. The number of carbonyl (C=O) groups is 2. The Bertz CT molecular complexity index is 388. The van der Waals surface area contributed by atoms with Gasteiger partial charge in [-0.1, -0.05) is 12.8 Å². The normalized spacial score (nSPS) is 17.8. The molecule has 6 nitrogen and oxygen atoms in total. The number of likely N-dealkylation sites (N-methyl/N-ethyl adjacent to an activating group) is 2. The quantitative estimate of drug-likeness (QED) is 0.784. The van der Waals surface area contributed by atoms with Crippen molar-refractivity contribution in [2.75, 3.05) is 27.2 Å². The molecule has 0 saturated heterocycles. The number of carboxylic acid groups (broad SMARTS) is 1. The van der Waals surface area contributed by atoms with Gasteiger partial charge in [0.2, 0.25) is 0 Å². The molecule has 1 saturated carbocycles. The molecule has 2 N–H and O–H groups in total. The summed E-state index contributed by atoms with van der Waals surface area (Å²) in [6.45, 7) is 5.82. The van der Waals surface area contributed by atoms with E-state index in [1.807, 2.05) is 14.1 Å². The minimum Gasteiger partial charge on any atom is -0.480 e. The Kier molecular flexibility index (Phi) is 5.61. The predicted octanol–water partition coefficient (Wildman–Crippen LogP) is 1.76. The number of carbonyl (C=O) groups excluding carboxylic acids is 1. The molecule has 2 amide bonds. The highest BCUT2D eigenvalue weighted by atomic mass is 16.4. The number of carboxylic acids is 1. The van der Waals surface area contributed by atoms with Crippen LogP contribution in [0.25, 0.3) is 0 Å². The summed E-state index contributed by atoms with van der Waals surface area (Å²) < 4.78 is 0. The number of aliphatic carboxylic acids is 1. The van der Waals surface area contributed by atoms with E-state index in [4.69, 9.17) is 0 Å². The van der Waals surface area contributed by atoms with Gasteiger partial charge in [0.1, 0.15) is 5.54 Å². The second kappa shape index (κ2) is 6.64. The average molecular weight is 299 g/mol. The summed E-state index contributed by atoms with van der Waals surface area (Å²) in [5, 5.41) is 12.2. The number of urea groups is 1. The summed E-state index contributed by atoms with van der Waals surface area (Å²) in [5.41, 5.74) is -1.21. The van der Waals surface area contributed by atoms with Crippen LogP contribution < -0.4 is 5.32 Å². The summed E-state index contributed by atoms with van der Waals surface area (Å²) in [4.78, 5) is 27.3. The van der Waals surface area contributed by atoms with Crippen LogP contribution in [0.1, 0.15) is 46.5 Å². The maximum atomic E-state index is 12.4. The lowest BCUT2D eigenvalue weighted by Gasteiger charge is -2.39. The van der Waals surface area contributed by atoms with Gasteiger partial charge in [-0.15, -0.1) is 0 Å². The van der Waals surface area contributed by atoms with E-state index in [1.165, 1.54) is 17.7 Å². The van der Waals surface area contributed by atoms with E-state index >= 15 is 0 Å². The SMILES string of the molecule is CCN(C(=O)NCC1(N(C)C)CCCC1)C(C)(C)C(=O)O. The molecule has 0 aromatic heterocycles. The average Bonchev–Trinajstić information content (AvgIpc) is 2.86. The van der Waals surface area contributed by atoms with E-state index in [-0.39, 0.29) is 11.6 Å². The molecule has 0 unspecified atom stereocenters. The first-order valence-corrected chi connectivity index (χ1v) is 7.63. The maximum absolute atomic E-state index is 12.4. The summed E-state index contributed by atoms with van der Waals surface area (Å²) in [5.74, 6) is -0.998. The topological polar surface area (TPSA) is 72.9 Å². The molecule has 0 aromatic rings. The van der Waals surface area contributed by atoms with Crippen LogP contribution in [-0.2, 0) is 4.79 Å². The number of rotatable bonds is 6. The van der Waals surface area contributed by atoms with Crippen LogP contribution in [0.4, 0.5) is 4.79 Å². The molecule has 0 spiro atoms. The van der Waals surface area contributed by atoms with E-state index in [2.05, 4.69) is 10.2 Å². The molecule has 0 aliphatic heterocycles. The second-order valence-corrected chi connectivity index (χ2v) is 6.59. The van der Waals surface area contributed by atoms with Gasteiger partial charge in [0.25, 0.3) is 0 Å². The molecule has 1 rings (SSSR count). The highest BCUT2D eigenvalue weighted by Crippen LogP contribution is 2.33. The van der Waals surface area contributed by atoms with Crippen LogP contribution in [0.15, 0.2) is 0 Å². The smallest absolute Gasteiger partial charge is 0.329 e. The molecule has 6 heteroatoms. The van der Waals surface area contributed by atoms with Gasteiger partial charge in [-0.3, -0.25) is 0 Å². The molecule has 1 aliphatic rings. The van der Waals surface area contributed by atoms with Gasteiger partial charge in [-0.05, 0) is 47.7 Å². The van der Waals surface area contributed by atoms with Crippen molar-refractivity contribution in [2.24, 2.45) is 0 Å². The molecule has 1 aliphatic carbocycles. The Morgan fingerprint density at radius 2 is 1.76 bits per heavy atom.